The van der Waals surface area contributed by atoms with Gasteiger partial charge in [0.1, 0.15) is 5.76 Å². The number of nitrogens with zero attached hydrogens (tertiary/aromatic N) is 1. The molecule has 0 saturated carbocycles. The van der Waals surface area contributed by atoms with E-state index in [0.717, 1.165) is 11.1 Å². The minimum absolute atomic E-state index is 0.120. The highest BCUT2D eigenvalue weighted by Gasteiger charge is 2.15. The average Bonchev–Trinajstić information content (AvgIpc) is 2.97. The summed E-state index contributed by atoms with van der Waals surface area (Å²) < 4.78 is 5.73. The van der Waals surface area contributed by atoms with Gasteiger partial charge in [-0.25, -0.2) is 4.98 Å². The lowest BCUT2D eigenvalue weighted by Crippen LogP contribution is -2.15. The molecule has 0 atom stereocenters. The Morgan fingerprint density at radius 1 is 1.00 bits per heavy atom. The molecule has 0 radical (unpaired) electrons. The highest BCUT2D eigenvalue weighted by molar-refractivity contribution is 5.93. The fraction of sp³-hybridized carbons (Fsp3) is 0.190. The van der Waals surface area contributed by atoms with E-state index < -0.39 is 0 Å². The predicted octanol–water partition coefficient (Wildman–Crippen LogP) is 4.10. The molecular weight excluding hydrogens is 342 g/mol. The minimum atomic E-state index is -0.186. The SMILES string of the molecule is CC(=O)Nc1ccc(NC(=O)Cc2nc(-c3cccc(C)c3)oc2C)cc1. The summed E-state index contributed by atoms with van der Waals surface area (Å²) in [5.74, 6) is 0.813. The lowest BCUT2D eigenvalue weighted by Gasteiger charge is -2.06. The molecule has 27 heavy (non-hydrogen) atoms. The first-order chi connectivity index (χ1) is 12.9. The van der Waals surface area contributed by atoms with Crippen molar-refractivity contribution in [1.29, 1.82) is 0 Å². The zero-order valence-electron chi connectivity index (χ0n) is 15.5. The molecule has 0 aliphatic rings. The summed E-state index contributed by atoms with van der Waals surface area (Å²) in [6.07, 6.45) is 0.120. The van der Waals surface area contributed by atoms with Crippen LogP contribution in [0.2, 0.25) is 0 Å². The Bertz CT molecular complexity index is 975. The van der Waals surface area contributed by atoms with Crippen LogP contribution in [0.15, 0.2) is 52.9 Å². The van der Waals surface area contributed by atoms with Gasteiger partial charge in [0.2, 0.25) is 17.7 Å². The van der Waals surface area contributed by atoms with Crippen molar-refractivity contribution < 1.29 is 14.0 Å². The summed E-state index contributed by atoms with van der Waals surface area (Å²) in [5, 5.41) is 5.50. The van der Waals surface area contributed by atoms with E-state index in [4.69, 9.17) is 4.42 Å². The molecule has 0 bridgehead atoms. The van der Waals surface area contributed by atoms with Crippen LogP contribution in [0, 0.1) is 13.8 Å². The Morgan fingerprint density at radius 2 is 1.67 bits per heavy atom. The topological polar surface area (TPSA) is 84.2 Å². The van der Waals surface area contributed by atoms with Crippen LogP contribution in [-0.2, 0) is 16.0 Å². The standard InChI is InChI=1S/C21H21N3O3/c1-13-5-4-6-16(11-13)21-24-19(14(2)27-21)12-20(26)23-18-9-7-17(8-10-18)22-15(3)25/h4-11H,12H2,1-3H3,(H,22,25)(H,23,26). The lowest BCUT2D eigenvalue weighted by atomic mass is 10.1. The van der Waals surface area contributed by atoms with Crippen LogP contribution >= 0.6 is 0 Å². The van der Waals surface area contributed by atoms with E-state index in [9.17, 15) is 9.59 Å². The molecule has 6 nitrogen and oxygen atoms in total. The fourth-order valence-corrected chi connectivity index (χ4v) is 2.69. The first-order valence-electron chi connectivity index (χ1n) is 8.61. The normalized spacial score (nSPS) is 10.5. The quantitative estimate of drug-likeness (QED) is 0.715. The third-order valence-electron chi connectivity index (χ3n) is 3.97. The third kappa shape index (κ3) is 4.82. The number of oxazole rings is 1. The lowest BCUT2D eigenvalue weighted by molar-refractivity contribution is -0.116. The molecule has 0 fully saturated rings. The molecule has 2 amide bonds. The Balaban J connectivity index is 1.66. The summed E-state index contributed by atoms with van der Waals surface area (Å²) in [4.78, 5) is 27.8. The van der Waals surface area contributed by atoms with E-state index in [1.54, 1.807) is 31.2 Å². The Hall–Kier alpha value is -3.41. The van der Waals surface area contributed by atoms with Crippen molar-refractivity contribution in [2.75, 3.05) is 10.6 Å². The van der Waals surface area contributed by atoms with Crippen molar-refractivity contribution in [3.05, 3.63) is 65.5 Å². The second-order valence-corrected chi connectivity index (χ2v) is 6.37. The van der Waals surface area contributed by atoms with Crippen molar-refractivity contribution in [1.82, 2.24) is 4.98 Å². The minimum Gasteiger partial charge on any atom is -0.441 e. The van der Waals surface area contributed by atoms with E-state index in [-0.39, 0.29) is 18.2 Å². The smallest absolute Gasteiger partial charge is 0.230 e. The molecule has 0 unspecified atom stereocenters. The molecule has 0 aliphatic carbocycles. The van der Waals surface area contributed by atoms with Gasteiger partial charge in [-0.3, -0.25) is 9.59 Å². The summed E-state index contributed by atoms with van der Waals surface area (Å²) >= 11 is 0. The number of benzene rings is 2. The third-order valence-corrected chi connectivity index (χ3v) is 3.97. The van der Waals surface area contributed by atoms with E-state index in [1.165, 1.54) is 6.92 Å². The number of aromatic nitrogens is 1. The molecule has 1 heterocycles. The van der Waals surface area contributed by atoms with Gasteiger partial charge in [0.15, 0.2) is 0 Å². The number of hydrogen-bond acceptors (Lipinski definition) is 4. The molecule has 0 aliphatic heterocycles. The number of carbonyl (C=O) groups excluding carboxylic acids is 2. The number of hydrogen-bond donors (Lipinski definition) is 2. The zero-order valence-corrected chi connectivity index (χ0v) is 15.5. The van der Waals surface area contributed by atoms with Crippen LogP contribution in [0.4, 0.5) is 11.4 Å². The van der Waals surface area contributed by atoms with Crippen LogP contribution in [-0.4, -0.2) is 16.8 Å². The first kappa shape index (κ1) is 18.4. The van der Waals surface area contributed by atoms with Gasteiger partial charge < -0.3 is 15.1 Å². The summed E-state index contributed by atoms with van der Waals surface area (Å²) in [6.45, 7) is 5.25. The van der Waals surface area contributed by atoms with Crippen LogP contribution in [0.3, 0.4) is 0 Å². The Kier molecular flexibility index (Phi) is 5.35. The molecule has 3 rings (SSSR count). The maximum absolute atomic E-state index is 12.3. The Labute approximate surface area is 157 Å². The van der Waals surface area contributed by atoms with Crippen molar-refractivity contribution in [3.8, 4) is 11.5 Å². The van der Waals surface area contributed by atoms with Gasteiger partial charge in [0.25, 0.3) is 0 Å². The number of aryl methyl sites for hydroxylation is 2. The number of nitrogens with one attached hydrogen (secondary N) is 2. The average molecular weight is 363 g/mol. The predicted molar refractivity (Wildman–Crippen MR) is 104 cm³/mol. The first-order valence-corrected chi connectivity index (χ1v) is 8.61. The van der Waals surface area contributed by atoms with Gasteiger partial charge in [0, 0.05) is 23.9 Å². The molecule has 0 spiro atoms. The number of carbonyl (C=O) groups is 2. The van der Waals surface area contributed by atoms with Crippen LogP contribution in [0.1, 0.15) is 23.9 Å². The van der Waals surface area contributed by atoms with Gasteiger partial charge in [0.05, 0.1) is 12.1 Å². The van der Waals surface area contributed by atoms with E-state index in [0.29, 0.717) is 28.7 Å². The highest BCUT2D eigenvalue weighted by atomic mass is 16.4. The van der Waals surface area contributed by atoms with Crippen molar-refractivity contribution in [2.24, 2.45) is 0 Å². The maximum Gasteiger partial charge on any atom is 0.230 e. The summed E-state index contributed by atoms with van der Waals surface area (Å²) in [6, 6.07) is 14.8. The van der Waals surface area contributed by atoms with Gasteiger partial charge in [-0.05, 0) is 50.2 Å². The molecule has 2 aromatic carbocycles. The summed E-state index contributed by atoms with van der Waals surface area (Å²) in [5.41, 5.74) is 3.94. The van der Waals surface area contributed by atoms with Crippen molar-refractivity contribution in [3.63, 3.8) is 0 Å². The molecule has 0 saturated heterocycles. The van der Waals surface area contributed by atoms with E-state index in [1.807, 2.05) is 31.2 Å². The monoisotopic (exact) mass is 363 g/mol. The molecule has 3 aromatic rings. The number of anilines is 2. The maximum atomic E-state index is 12.3. The van der Waals surface area contributed by atoms with Gasteiger partial charge >= 0.3 is 0 Å². The van der Waals surface area contributed by atoms with Gasteiger partial charge in [-0.15, -0.1) is 0 Å². The van der Waals surface area contributed by atoms with Crippen LogP contribution in [0.25, 0.3) is 11.5 Å². The number of amides is 2. The number of rotatable bonds is 5. The van der Waals surface area contributed by atoms with Gasteiger partial charge in [-0.1, -0.05) is 17.7 Å². The second kappa shape index (κ2) is 7.86. The summed E-state index contributed by atoms with van der Waals surface area (Å²) in [7, 11) is 0. The van der Waals surface area contributed by atoms with Crippen LogP contribution < -0.4 is 10.6 Å². The molecule has 2 N–H and O–H groups in total. The Morgan fingerprint density at radius 3 is 2.30 bits per heavy atom. The largest absolute Gasteiger partial charge is 0.441 e. The second-order valence-electron chi connectivity index (χ2n) is 6.37. The highest BCUT2D eigenvalue weighted by Crippen LogP contribution is 2.23. The van der Waals surface area contributed by atoms with Crippen molar-refractivity contribution in [2.45, 2.75) is 27.2 Å². The van der Waals surface area contributed by atoms with Crippen molar-refractivity contribution >= 4 is 23.2 Å². The molecular formula is C21H21N3O3. The zero-order chi connectivity index (χ0) is 19.4. The fourth-order valence-electron chi connectivity index (χ4n) is 2.69. The van der Waals surface area contributed by atoms with Gasteiger partial charge in [-0.2, -0.15) is 0 Å². The molecule has 1 aromatic heterocycles. The molecule has 6 heteroatoms. The van der Waals surface area contributed by atoms with Crippen LogP contribution in [0.5, 0.6) is 0 Å². The van der Waals surface area contributed by atoms with E-state index in [2.05, 4.69) is 15.6 Å². The molecule has 138 valence electrons. The van der Waals surface area contributed by atoms with E-state index >= 15 is 0 Å².